The number of carbonyl (C=O) groups is 2. The third-order valence-corrected chi connectivity index (χ3v) is 5.58. The SMILES string of the molecule is CC[C@H](C(=O)NCCCN1CCCCCC1)N1C(=O)CCn2nc(C)cc21. The van der Waals surface area contributed by atoms with E-state index >= 15 is 0 Å². The highest BCUT2D eigenvalue weighted by molar-refractivity contribution is 6.00. The second-order valence-corrected chi connectivity index (χ2v) is 7.71. The van der Waals surface area contributed by atoms with Gasteiger partial charge in [0.15, 0.2) is 0 Å². The molecule has 2 aliphatic heterocycles. The molecule has 0 saturated carbocycles. The Morgan fingerprint density at radius 2 is 1.96 bits per heavy atom. The molecule has 7 nitrogen and oxygen atoms in total. The summed E-state index contributed by atoms with van der Waals surface area (Å²) in [6.45, 7) is 8.51. The Kier molecular flexibility index (Phi) is 6.88. The van der Waals surface area contributed by atoms with E-state index in [9.17, 15) is 9.59 Å². The molecule has 0 spiro atoms. The first-order valence-corrected chi connectivity index (χ1v) is 10.5. The number of hydrogen-bond donors (Lipinski definition) is 1. The van der Waals surface area contributed by atoms with Crippen LogP contribution in [0, 0.1) is 6.92 Å². The molecule has 0 unspecified atom stereocenters. The van der Waals surface area contributed by atoms with Gasteiger partial charge in [0.25, 0.3) is 0 Å². The minimum absolute atomic E-state index is 0.00830. The van der Waals surface area contributed by atoms with E-state index in [1.807, 2.05) is 24.6 Å². The molecule has 0 bridgehead atoms. The second-order valence-electron chi connectivity index (χ2n) is 7.71. The van der Waals surface area contributed by atoms with Crippen LogP contribution in [0.5, 0.6) is 0 Å². The van der Waals surface area contributed by atoms with E-state index in [1.165, 1.54) is 38.8 Å². The van der Waals surface area contributed by atoms with Gasteiger partial charge in [0, 0.05) is 19.0 Å². The molecule has 1 N–H and O–H groups in total. The number of fused-ring (bicyclic) bond motifs is 1. The van der Waals surface area contributed by atoms with Gasteiger partial charge >= 0.3 is 0 Å². The number of carbonyl (C=O) groups excluding carboxylic acids is 2. The molecule has 3 heterocycles. The van der Waals surface area contributed by atoms with Crippen LogP contribution in [-0.4, -0.2) is 58.7 Å². The zero-order valence-electron chi connectivity index (χ0n) is 16.7. The fourth-order valence-electron chi connectivity index (χ4n) is 4.15. The highest BCUT2D eigenvalue weighted by Crippen LogP contribution is 2.26. The Labute approximate surface area is 162 Å². The van der Waals surface area contributed by atoms with Crippen LogP contribution in [0.25, 0.3) is 0 Å². The molecule has 2 aliphatic rings. The van der Waals surface area contributed by atoms with Gasteiger partial charge in [-0.25, -0.2) is 4.68 Å². The van der Waals surface area contributed by atoms with E-state index in [0.29, 0.717) is 25.9 Å². The topological polar surface area (TPSA) is 70.5 Å². The molecule has 2 amide bonds. The number of anilines is 1. The third kappa shape index (κ3) is 4.89. The zero-order valence-corrected chi connectivity index (χ0v) is 16.7. The van der Waals surface area contributed by atoms with Crippen molar-refractivity contribution >= 4 is 17.6 Å². The summed E-state index contributed by atoms with van der Waals surface area (Å²) in [4.78, 5) is 29.5. The maximum atomic E-state index is 12.8. The van der Waals surface area contributed by atoms with Gasteiger partial charge in [-0.15, -0.1) is 0 Å². The van der Waals surface area contributed by atoms with Crippen LogP contribution in [0.2, 0.25) is 0 Å². The Balaban J connectivity index is 1.54. The van der Waals surface area contributed by atoms with Crippen molar-refractivity contribution in [3.8, 4) is 0 Å². The molecule has 3 rings (SSSR count). The molecule has 1 saturated heterocycles. The zero-order chi connectivity index (χ0) is 19.2. The van der Waals surface area contributed by atoms with Crippen LogP contribution in [0.4, 0.5) is 5.82 Å². The number of amides is 2. The van der Waals surface area contributed by atoms with Crippen LogP contribution in [0.3, 0.4) is 0 Å². The number of hydrogen-bond acceptors (Lipinski definition) is 4. The van der Waals surface area contributed by atoms with E-state index in [-0.39, 0.29) is 11.8 Å². The third-order valence-electron chi connectivity index (χ3n) is 5.58. The van der Waals surface area contributed by atoms with E-state index in [0.717, 1.165) is 24.5 Å². The average Bonchev–Trinajstić information content (AvgIpc) is 2.85. The van der Waals surface area contributed by atoms with E-state index < -0.39 is 6.04 Å². The Morgan fingerprint density at radius 1 is 1.22 bits per heavy atom. The molecule has 7 heteroatoms. The standard InChI is InChI=1S/C20H33N5O2/c1-3-17(25-18-15-16(2)22-24(18)14-9-19(25)26)20(27)21-10-8-13-23-11-6-4-5-7-12-23/h15,17H,3-14H2,1-2H3,(H,21,27)/t17-/m1/s1. The van der Waals surface area contributed by atoms with Crippen LogP contribution in [0.15, 0.2) is 6.07 Å². The van der Waals surface area contributed by atoms with Crippen molar-refractivity contribution in [3.63, 3.8) is 0 Å². The van der Waals surface area contributed by atoms with Crippen molar-refractivity contribution in [2.45, 2.75) is 71.4 Å². The maximum absolute atomic E-state index is 12.8. The highest BCUT2D eigenvalue weighted by Gasteiger charge is 2.34. The molecule has 27 heavy (non-hydrogen) atoms. The maximum Gasteiger partial charge on any atom is 0.243 e. The second kappa shape index (κ2) is 9.35. The van der Waals surface area contributed by atoms with Crippen molar-refractivity contribution in [3.05, 3.63) is 11.8 Å². The predicted molar refractivity (Wildman–Crippen MR) is 106 cm³/mol. The highest BCUT2D eigenvalue weighted by atomic mass is 16.2. The largest absolute Gasteiger partial charge is 0.354 e. The van der Waals surface area contributed by atoms with E-state index in [2.05, 4.69) is 15.3 Å². The molecule has 1 aromatic heterocycles. The first kappa shape index (κ1) is 19.9. The lowest BCUT2D eigenvalue weighted by Gasteiger charge is -2.33. The predicted octanol–water partition coefficient (Wildman–Crippen LogP) is 2.09. The fourth-order valence-corrected chi connectivity index (χ4v) is 4.15. The summed E-state index contributed by atoms with van der Waals surface area (Å²) >= 11 is 0. The summed E-state index contributed by atoms with van der Waals surface area (Å²) in [7, 11) is 0. The summed E-state index contributed by atoms with van der Waals surface area (Å²) < 4.78 is 1.84. The number of rotatable bonds is 7. The fraction of sp³-hybridized carbons (Fsp3) is 0.750. The molecule has 150 valence electrons. The molecule has 0 aliphatic carbocycles. The number of nitrogens with zero attached hydrogens (tertiary/aromatic N) is 4. The molecule has 0 radical (unpaired) electrons. The molecular formula is C20H33N5O2. The smallest absolute Gasteiger partial charge is 0.243 e. The lowest BCUT2D eigenvalue weighted by atomic mass is 10.1. The van der Waals surface area contributed by atoms with Gasteiger partial charge in [0.1, 0.15) is 11.9 Å². The molecule has 0 aromatic carbocycles. The van der Waals surface area contributed by atoms with Gasteiger partial charge in [-0.3, -0.25) is 14.5 Å². The average molecular weight is 376 g/mol. The summed E-state index contributed by atoms with van der Waals surface area (Å²) in [5, 5.41) is 7.49. The van der Waals surface area contributed by atoms with Crippen molar-refractivity contribution in [2.75, 3.05) is 31.1 Å². The van der Waals surface area contributed by atoms with Crippen molar-refractivity contribution in [2.24, 2.45) is 0 Å². The lowest BCUT2D eigenvalue weighted by Crippen LogP contribution is -2.52. The summed E-state index contributed by atoms with van der Waals surface area (Å²) in [6.07, 6.45) is 7.19. The number of aromatic nitrogens is 2. The van der Waals surface area contributed by atoms with E-state index in [1.54, 1.807) is 4.90 Å². The van der Waals surface area contributed by atoms with E-state index in [4.69, 9.17) is 0 Å². The van der Waals surface area contributed by atoms with Crippen LogP contribution in [0.1, 0.15) is 57.6 Å². The minimum atomic E-state index is -0.467. The van der Waals surface area contributed by atoms with Crippen LogP contribution < -0.4 is 10.2 Å². The summed E-state index contributed by atoms with van der Waals surface area (Å²) in [5.74, 6) is 0.693. The number of likely N-dealkylation sites (tertiary alicyclic amines) is 1. The normalized spacial score (nSPS) is 19.5. The summed E-state index contributed by atoms with van der Waals surface area (Å²) in [5.41, 5.74) is 0.873. The van der Waals surface area contributed by atoms with Gasteiger partial charge < -0.3 is 10.2 Å². The Hall–Kier alpha value is -1.89. The van der Waals surface area contributed by atoms with Crippen LogP contribution in [-0.2, 0) is 16.1 Å². The molecule has 1 atom stereocenters. The monoisotopic (exact) mass is 375 g/mol. The number of nitrogens with one attached hydrogen (secondary N) is 1. The lowest BCUT2D eigenvalue weighted by molar-refractivity contribution is -0.127. The van der Waals surface area contributed by atoms with Gasteiger partial charge in [-0.1, -0.05) is 19.8 Å². The van der Waals surface area contributed by atoms with Crippen LogP contribution >= 0.6 is 0 Å². The first-order valence-electron chi connectivity index (χ1n) is 10.5. The van der Waals surface area contributed by atoms with Crippen molar-refractivity contribution in [1.29, 1.82) is 0 Å². The number of aryl methyl sites for hydroxylation is 2. The Morgan fingerprint density at radius 3 is 2.67 bits per heavy atom. The van der Waals surface area contributed by atoms with Gasteiger partial charge in [0.2, 0.25) is 11.8 Å². The van der Waals surface area contributed by atoms with Gasteiger partial charge in [0.05, 0.1) is 12.2 Å². The minimum Gasteiger partial charge on any atom is -0.354 e. The van der Waals surface area contributed by atoms with Crippen molar-refractivity contribution < 1.29 is 9.59 Å². The van der Waals surface area contributed by atoms with Gasteiger partial charge in [-0.05, 0) is 52.2 Å². The Bertz CT molecular complexity index is 649. The van der Waals surface area contributed by atoms with Gasteiger partial charge in [-0.2, -0.15) is 5.10 Å². The quantitative estimate of drug-likeness (QED) is 0.741. The molecular weight excluding hydrogens is 342 g/mol. The summed E-state index contributed by atoms with van der Waals surface area (Å²) in [6, 6.07) is 1.43. The first-order chi connectivity index (χ1) is 13.1. The van der Waals surface area contributed by atoms with Crippen molar-refractivity contribution in [1.82, 2.24) is 20.0 Å². The molecule has 1 fully saturated rings. The molecule has 1 aromatic rings.